The first-order valence-electron chi connectivity index (χ1n) is 15.9. The van der Waals surface area contributed by atoms with Crippen molar-refractivity contribution in [2.24, 2.45) is 23.3 Å². The van der Waals surface area contributed by atoms with Crippen molar-refractivity contribution >= 4 is 34.4 Å². The zero-order chi connectivity index (χ0) is 32.2. The van der Waals surface area contributed by atoms with Crippen LogP contribution in [0.15, 0.2) is 72.8 Å². The van der Waals surface area contributed by atoms with Crippen LogP contribution in [0.25, 0.3) is 10.8 Å². The standard InChI is InChI=1S/C35H46N6O4/c1-23(8-7-17-36)31(32(37)42)41-35(45)29(21-24-9-3-2-4-10-24)40-34(44)30(39-33(43)27-15-18-38-19-16-27)22-25-13-14-26-11-5-6-12-28(26)20-25/h2-6,9-14,20,23,27,29-31,38H,7-8,15-19,21-22,36H2,1H3,(H2,37,42)(H,39,43)(H,40,44)(H,41,45)/t23-,29-,30-,31+/m1/s1. The maximum atomic E-state index is 14.0. The highest BCUT2D eigenvalue weighted by molar-refractivity contribution is 5.94. The molecule has 4 atom stereocenters. The Balaban J connectivity index is 1.58. The fourth-order valence-electron chi connectivity index (χ4n) is 5.87. The molecule has 0 aromatic heterocycles. The summed E-state index contributed by atoms with van der Waals surface area (Å²) in [4.78, 5) is 53.4. The van der Waals surface area contributed by atoms with E-state index in [1.54, 1.807) is 0 Å². The molecule has 3 aromatic carbocycles. The lowest BCUT2D eigenvalue weighted by Gasteiger charge is -2.28. The molecule has 10 nitrogen and oxygen atoms in total. The molecule has 1 saturated heterocycles. The number of nitrogens with two attached hydrogens (primary N) is 2. The van der Waals surface area contributed by atoms with E-state index in [0.29, 0.717) is 32.2 Å². The average molecular weight is 615 g/mol. The van der Waals surface area contributed by atoms with Crippen molar-refractivity contribution in [1.29, 1.82) is 0 Å². The van der Waals surface area contributed by atoms with Crippen LogP contribution in [0.5, 0.6) is 0 Å². The molecule has 0 radical (unpaired) electrons. The van der Waals surface area contributed by atoms with Crippen molar-refractivity contribution in [3.05, 3.63) is 83.9 Å². The van der Waals surface area contributed by atoms with Crippen molar-refractivity contribution in [2.45, 2.75) is 63.6 Å². The Bertz CT molecular complexity index is 1440. The van der Waals surface area contributed by atoms with Gasteiger partial charge in [0.2, 0.25) is 23.6 Å². The quantitative estimate of drug-likeness (QED) is 0.153. The largest absolute Gasteiger partial charge is 0.368 e. The number of carbonyl (C=O) groups excluding carboxylic acids is 4. The van der Waals surface area contributed by atoms with Crippen LogP contribution in [0.4, 0.5) is 0 Å². The number of primary amides is 1. The lowest BCUT2D eigenvalue weighted by atomic mass is 9.94. The summed E-state index contributed by atoms with van der Waals surface area (Å²) in [6.07, 6.45) is 3.09. The van der Waals surface area contributed by atoms with Gasteiger partial charge in [0, 0.05) is 18.8 Å². The van der Waals surface area contributed by atoms with Crippen molar-refractivity contribution in [1.82, 2.24) is 21.3 Å². The smallest absolute Gasteiger partial charge is 0.243 e. The van der Waals surface area contributed by atoms with Gasteiger partial charge < -0.3 is 32.7 Å². The van der Waals surface area contributed by atoms with Crippen molar-refractivity contribution < 1.29 is 19.2 Å². The van der Waals surface area contributed by atoms with Gasteiger partial charge >= 0.3 is 0 Å². The number of nitrogens with one attached hydrogen (secondary N) is 4. The number of amides is 4. The SMILES string of the molecule is C[C@H](CCCN)[C@H](NC(=O)[C@@H](Cc1ccccc1)NC(=O)[C@@H](Cc1ccc2ccccc2c1)NC(=O)C1CCNCC1)C(N)=O. The maximum absolute atomic E-state index is 14.0. The van der Waals surface area contributed by atoms with Crippen LogP contribution in [0.1, 0.15) is 43.7 Å². The van der Waals surface area contributed by atoms with Gasteiger partial charge in [-0.1, -0.05) is 79.7 Å². The molecule has 1 aliphatic heterocycles. The molecule has 0 aliphatic carbocycles. The van der Waals surface area contributed by atoms with E-state index in [-0.39, 0.29) is 30.6 Å². The zero-order valence-electron chi connectivity index (χ0n) is 26.0. The molecule has 8 N–H and O–H groups in total. The zero-order valence-corrected chi connectivity index (χ0v) is 26.0. The van der Waals surface area contributed by atoms with Gasteiger partial charge in [0.05, 0.1) is 0 Å². The van der Waals surface area contributed by atoms with E-state index in [2.05, 4.69) is 21.3 Å². The van der Waals surface area contributed by atoms with Gasteiger partial charge in [-0.05, 0) is 73.1 Å². The minimum absolute atomic E-state index is 0.177. The Morgan fingerprint density at radius 3 is 2.11 bits per heavy atom. The highest BCUT2D eigenvalue weighted by Crippen LogP contribution is 2.18. The molecule has 45 heavy (non-hydrogen) atoms. The number of hydrogen-bond acceptors (Lipinski definition) is 6. The van der Waals surface area contributed by atoms with Crippen LogP contribution < -0.4 is 32.7 Å². The number of piperidine rings is 1. The van der Waals surface area contributed by atoms with Gasteiger partial charge in [0.1, 0.15) is 18.1 Å². The van der Waals surface area contributed by atoms with Crippen LogP contribution in [0.3, 0.4) is 0 Å². The molecule has 4 rings (SSSR count). The second-order valence-corrected chi connectivity index (χ2v) is 12.0. The summed E-state index contributed by atoms with van der Waals surface area (Å²) in [5.74, 6) is -2.27. The molecule has 0 bridgehead atoms. The molecule has 1 fully saturated rings. The number of hydrogen-bond donors (Lipinski definition) is 6. The van der Waals surface area contributed by atoms with Crippen molar-refractivity contribution in [2.75, 3.05) is 19.6 Å². The Labute approximate surface area is 265 Å². The van der Waals surface area contributed by atoms with E-state index in [1.807, 2.05) is 79.7 Å². The van der Waals surface area contributed by atoms with Crippen LogP contribution >= 0.6 is 0 Å². The maximum Gasteiger partial charge on any atom is 0.243 e. The Kier molecular flexibility index (Phi) is 12.5. The number of carbonyl (C=O) groups is 4. The fourth-order valence-corrected chi connectivity index (χ4v) is 5.87. The summed E-state index contributed by atoms with van der Waals surface area (Å²) < 4.78 is 0. The highest BCUT2D eigenvalue weighted by Gasteiger charge is 2.32. The van der Waals surface area contributed by atoms with E-state index in [4.69, 9.17) is 11.5 Å². The summed E-state index contributed by atoms with van der Waals surface area (Å²) in [6, 6.07) is 20.4. The van der Waals surface area contributed by atoms with Gasteiger partial charge in [-0.25, -0.2) is 0 Å². The number of fused-ring (bicyclic) bond motifs is 1. The number of benzene rings is 3. The normalized spacial score (nSPS) is 16.2. The van der Waals surface area contributed by atoms with Gasteiger partial charge in [0.15, 0.2) is 0 Å². The summed E-state index contributed by atoms with van der Waals surface area (Å²) in [5.41, 5.74) is 13.0. The summed E-state index contributed by atoms with van der Waals surface area (Å²) in [6.45, 7) is 3.78. The van der Waals surface area contributed by atoms with Gasteiger partial charge in [0.25, 0.3) is 0 Å². The highest BCUT2D eigenvalue weighted by atomic mass is 16.2. The number of rotatable bonds is 15. The van der Waals surface area contributed by atoms with Gasteiger partial charge in [-0.3, -0.25) is 19.2 Å². The molecule has 0 unspecified atom stereocenters. The first-order valence-corrected chi connectivity index (χ1v) is 15.9. The Morgan fingerprint density at radius 1 is 0.800 bits per heavy atom. The predicted octanol–water partition coefficient (Wildman–Crippen LogP) is 1.94. The van der Waals surface area contributed by atoms with Crippen molar-refractivity contribution in [3.8, 4) is 0 Å². The molecule has 240 valence electrons. The summed E-state index contributed by atoms with van der Waals surface area (Å²) in [5, 5.41) is 14.1. The molecule has 1 heterocycles. The first kappa shape index (κ1) is 33.6. The van der Waals surface area contributed by atoms with E-state index < -0.39 is 35.8 Å². The predicted molar refractivity (Wildman–Crippen MR) is 176 cm³/mol. The topological polar surface area (TPSA) is 168 Å². The van der Waals surface area contributed by atoms with Gasteiger partial charge in [-0.15, -0.1) is 0 Å². The van der Waals surface area contributed by atoms with E-state index in [1.165, 1.54) is 0 Å². The van der Waals surface area contributed by atoms with Gasteiger partial charge in [-0.2, -0.15) is 0 Å². The average Bonchev–Trinajstić information content (AvgIpc) is 3.05. The lowest BCUT2D eigenvalue weighted by Crippen LogP contribution is -2.58. The molecule has 10 heteroatoms. The molecule has 1 aliphatic rings. The molecular weight excluding hydrogens is 568 g/mol. The fraction of sp³-hybridized carbons (Fsp3) is 0.429. The third kappa shape index (κ3) is 9.86. The lowest BCUT2D eigenvalue weighted by molar-refractivity contribution is -0.134. The second kappa shape index (κ2) is 16.7. The second-order valence-electron chi connectivity index (χ2n) is 12.0. The summed E-state index contributed by atoms with van der Waals surface area (Å²) >= 11 is 0. The first-order chi connectivity index (χ1) is 21.7. The minimum Gasteiger partial charge on any atom is -0.368 e. The molecule has 3 aromatic rings. The summed E-state index contributed by atoms with van der Waals surface area (Å²) in [7, 11) is 0. The third-order valence-electron chi connectivity index (χ3n) is 8.55. The van der Waals surface area contributed by atoms with Crippen molar-refractivity contribution in [3.63, 3.8) is 0 Å². The Hall–Kier alpha value is -4.28. The van der Waals surface area contributed by atoms with Crippen LogP contribution in [0, 0.1) is 11.8 Å². The molecule has 4 amide bonds. The van der Waals surface area contributed by atoms with E-state index in [0.717, 1.165) is 35.0 Å². The third-order valence-corrected chi connectivity index (χ3v) is 8.55. The monoisotopic (exact) mass is 614 g/mol. The minimum atomic E-state index is -1.02. The van der Waals surface area contributed by atoms with Crippen LogP contribution in [0.2, 0.25) is 0 Å². The Morgan fingerprint density at radius 2 is 1.42 bits per heavy atom. The van der Waals surface area contributed by atoms with E-state index in [9.17, 15) is 19.2 Å². The van der Waals surface area contributed by atoms with Crippen LogP contribution in [-0.2, 0) is 32.0 Å². The molecule has 0 saturated carbocycles. The van der Waals surface area contributed by atoms with Crippen LogP contribution in [-0.4, -0.2) is 61.4 Å². The molecule has 0 spiro atoms. The van der Waals surface area contributed by atoms with E-state index >= 15 is 0 Å². The molecular formula is C35H46N6O4.